The zero-order chi connectivity index (χ0) is 26.9. The fraction of sp³-hybridized carbons (Fsp3) is 0.478. The van der Waals surface area contributed by atoms with Gasteiger partial charge in [-0.05, 0) is 56.9 Å². The highest BCUT2D eigenvalue weighted by atomic mass is 32.2. The lowest BCUT2D eigenvalue weighted by atomic mass is 9.91. The summed E-state index contributed by atoms with van der Waals surface area (Å²) in [5, 5.41) is 2.37. The number of alkyl halides is 6. The van der Waals surface area contributed by atoms with Crippen molar-refractivity contribution in [2.45, 2.75) is 62.1 Å². The maximum atomic E-state index is 13.7. The minimum atomic E-state index is -5.80. The van der Waals surface area contributed by atoms with E-state index in [0.29, 0.717) is 12.1 Å². The molecular weight excluding hydrogens is 514 g/mol. The third-order valence-electron chi connectivity index (χ3n) is 5.44. The summed E-state index contributed by atoms with van der Waals surface area (Å²) < 4.78 is 111. The number of nitrogens with zero attached hydrogens (tertiary/aromatic N) is 1. The third-order valence-corrected chi connectivity index (χ3v) is 7.31. The number of halogens is 6. The second-order valence-electron chi connectivity index (χ2n) is 8.86. The van der Waals surface area contributed by atoms with Crippen molar-refractivity contribution in [3.05, 3.63) is 53.9 Å². The van der Waals surface area contributed by atoms with Crippen LogP contribution in [0.15, 0.2) is 47.5 Å². The van der Waals surface area contributed by atoms with Gasteiger partial charge in [-0.25, -0.2) is 8.42 Å². The van der Waals surface area contributed by atoms with Gasteiger partial charge in [0.25, 0.3) is 5.60 Å². The molecule has 0 spiro atoms. The van der Waals surface area contributed by atoms with E-state index >= 15 is 0 Å². The summed E-state index contributed by atoms with van der Waals surface area (Å²) in [6.45, 7) is 2.12. The number of sulfone groups is 1. The molecule has 2 aromatic rings. The molecule has 198 valence electrons. The number of aromatic nitrogens is 1. The third kappa shape index (κ3) is 6.17. The number of nitrogens with one attached hydrogen (secondary N) is 1. The van der Waals surface area contributed by atoms with E-state index in [1.165, 1.54) is 12.1 Å². The molecule has 0 saturated heterocycles. The smallest absolute Gasteiger partial charge is 0.351 e. The van der Waals surface area contributed by atoms with Crippen LogP contribution in [0.25, 0.3) is 0 Å². The topological polar surface area (TPSA) is 85.4 Å². The van der Waals surface area contributed by atoms with Crippen molar-refractivity contribution in [2.75, 3.05) is 11.1 Å². The van der Waals surface area contributed by atoms with E-state index in [1.54, 1.807) is 0 Å². The first-order chi connectivity index (χ1) is 16.5. The summed E-state index contributed by atoms with van der Waals surface area (Å²) in [4.78, 5) is 16.3. The second-order valence-corrected chi connectivity index (χ2v) is 10.9. The molecule has 1 saturated carbocycles. The van der Waals surface area contributed by atoms with Crippen LogP contribution in [0.1, 0.15) is 37.9 Å². The predicted octanol–water partition coefficient (Wildman–Crippen LogP) is 5.19. The minimum Gasteiger partial charge on any atom is -0.351 e. The van der Waals surface area contributed by atoms with Crippen LogP contribution in [0.3, 0.4) is 0 Å². The fourth-order valence-corrected chi connectivity index (χ4v) is 5.23. The van der Waals surface area contributed by atoms with Gasteiger partial charge in [0.15, 0.2) is 9.84 Å². The average molecular weight is 539 g/mol. The highest BCUT2D eigenvalue weighted by Gasteiger charge is 2.73. The minimum absolute atomic E-state index is 0.0376. The molecule has 1 heterocycles. The van der Waals surface area contributed by atoms with Gasteiger partial charge in [-0.15, -0.1) is 0 Å². The number of ether oxygens (including phenoxy) is 1. The Morgan fingerprint density at radius 3 is 2.06 bits per heavy atom. The molecular formula is C23H24F6N2O4S. The quantitative estimate of drug-likeness (QED) is 0.444. The molecule has 13 heteroatoms. The van der Waals surface area contributed by atoms with Crippen LogP contribution < -0.4 is 5.32 Å². The first-order valence-corrected chi connectivity index (χ1v) is 12.6. The number of rotatable bonds is 9. The molecule has 1 amide bonds. The molecule has 3 rings (SSSR count). The van der Waals surface area contributed by atoms with E-state index in [4.69, 9.17) is 0 Å². The molecule has 0 radical (unpaired) electrons. The lowest BCUT2D eigenvalue weighted by molar-refractivity contribution is -0.396. The van der Waals surface area contributed by atoms with Gasteiger partial charge in [0, 0.05) is 23.1 Å². The lowest BCUT2D eigenvalue weighted by Crippen LogP contribution is -2.57. The van der Waals surface area contributed by atoms with Crippen molar-refractivity contribution in [3.63, 3.8) is 0 Å². The van der Waals surface area contributed by atoms with E-state index in [1.807, 2.05) is 0 Å². The molecule has 1 aromatic heterocycles. The number of anilines is 1. The molecule has 1 fully saturated rings. The largest absolute Gasteiger partial charge is 0.430 e. The number of hydrogen-bond donors (Lipinski definition) is 1. The molecule has 36 heavy (non-hydrogen) atoms. The van der Waals surface area contributed by atoms with Crippen LogP contribution in [0.5, 0.6) is 0 Å². The van der Waals surface area contributed by atoms with Crippen LogP contribution in [0.2, 0.25) is 0 Å². The number of carbonyl (C=O) groups is 1. The molecule has 1 aliphatic carbocycles. The summed E-state index contributed by atoms with van der Waals surface area (Å²) in [6.07, 6.45) is -10.4. The van der Waals surface area contributed by atoms with Gasteiger partial charge in [-0.3, -0.25) is 9.78 Å². The van der Waals surface area contributed by atoms with Crippen LogP contribution in [-0.2, 0) is 31.4 Å². The van der Waals surface area contributed by atoms with Gasteiger partial charge in [0.2, 0.25) is 5.91 Å². The van der Waals surface area contributed by atoms with Gasteiger partial charge in [0.05, 0.1) is 23.2 Å². The van der Waals surface area contributed by atoms with Crippen LogP contribution in [0.4, 0.5) is 32.0 Å². The highest BCUT2D eigenvalue weighted by molar-refractivity contribution is 7.91. The lowest BCUT2D eigenvalue weighted by Gasteiger charge is -2.38. The SMILES string of the molecule is CC(C)OC(c1ccc(NC(=O)Cc2ccc(S(=O)(=O)CC3CC3)cn2)cc1)(C(F)(F)F)C(F)(F)F. The van der Waals surface area contributed by atoms with Crippen molar-refractivity contribution in [1.29, 1.82) is 0 Å². The summed E-state index contributed by atoms with van der Waals surface area (Å²) in [7, 11) is -3.47. The number of amides is 1. The van der Waals surface area contributed by atoms with E-state index in [2.05, 4.69) is 15.0 Å². The van der Waals surface area contributed by atoms with E-state index in [9.17, 15) is 39.6 Å². The van der Waals surface area contributed by atoms with Gasteiger partial charge >= 0.3 is 12.4 Å². The van der Waals surface area contributed by atoms with E-state index in [-0.39, 0.29) is 34.4 Å². The zero-order valence-corrected chi connectivity index (χ0v) is 20.1. The first-order valence-electron chi connectivity index (χ1n) is 10.9. The monoisotopic (exact) mass is 538 g/mol. The maximum Gasteiger partial charge on any atom is 0.430 e. The van der Waals surface area contributed by atoms with E-state index < -0.39 is 45.4 Å². The molecule has 6 nitrogen and oxygen atoms in total. The Morgan fingerprint density at radius 2 is 1.61 bits per heavy atom. The Bertz CT molecular complexity index is 1160. The number of benzene rings is 1. The molecule has 1 aromatic carbocycles. The normalized spacial score (nSPS) is 15.2. The summed E-state index contributed by atoms with van der Waals surface area (Å²) in [6, 6.07) is 5.71. The standard InChI is InChI=1S/C23H24F6N2O4S/c1-14(2)35-21(22(24,25)26,23(27,28)29)16-5-7-17(8-6-16)31-20(32)11-18-9-10-19(12-30-18)36(33,34)13-15-3-4-15/h5-10,12,14-15H,3-4,11,13H2,1-2H3,(H,31,32). The summed E-state index contributed by atoms with van der Waals surface area (Å²) in [5.74, 6) is -0.460. The number of hydrogen-bond acceptors (Lipinski definition) is 5. The molecule has 1 N–H and O–H groups in total. The molecule has 0 aliphatic heterocycles. The fourth-order valence-electron chi connectivity index (χ4n) is 3.59. The summed E-state index contributed by atoms with van der Waals surface area (Å²) in [5.41, 5.74) is -5.54. The van der Waals surface area contributed by atoms with Crippen molar-refractivity contribution >= 4 is 21.4 Å². The number of carbonyl (C=O) groups excluding carboxylic acids is 1. The molecule has 0 unspecified atom stereocenters. The van der Waals surface area contributed by atoms with Gasteiger partial charge in [0.1, 0.15) is 0 Å². The Labute approximate surface area is 204 Å². The predicted molar refractivity (Wildman–Crippen MR) is 118 cm³/mol. The summed E-state index contributed by atoms with van der Waals surface area (Å²) >= 11 is 0. The maximum absolute atomic E-state index is 13.7. The Balaban J connectivity index is 1.72. The average Bonchev–Trinajstić information content (AvgIpc) is 3.54. The van der Waals surface area contributed by atoms with Crippen LogP contribution >= 0.6 is 0 Å². The van der Waals surface area contributed by atoms with E-state index in [0.717, 1.165) is 45.0 Å². The molecule has 0 atom stereocenters. The Hall–Kier alpha value is -2.67. The van der Waals surface area contributed by atoms with Crippen molar-refractivity contribution < 1.29 is 44.3 Å². The Kier molecular flexibility index (Phi) is 7.75. The zero-order valence-electron chi connectivity index (χ0n) is 19.3. The van der Waals surface area contributed by atoms with Crippen molar-refractivity contribution in [2.24, 2.45) is 5.92 Å². The Morgan fingerprint density at radius 1 is 1.03 bits per heavy atom. The first kappa shape index (κ1) is 27.9. The molecule has 0 bridgehead atoms. The molecule has 1 aliphatic rings. The van der Waals surface area contributed by atoms with Crippen molar-refractivity contribution in [1.82, 2.24) is 4.98 Å². The van der Waals surface area contributed by atoms with Crippen LogP contribution in [0, 0.1) is 5.92 Å². The van der Waals surface area contributed by atoms with Gasteiger partial charge in [-0.2, -0.15) is 26.3 Å². The van der Waals surface area contributed by atoms with Crippen molar-refractivity contribution in [3.8, 4) is 0 Å². The van der Waals surface area contributed by atoms with Gasteiger partial charge < -0.3 is 10.1 Å². The second kappa shape index (κ2) is 10.0. The van der Waals surface area contributed by atoms with Gasteiger partial charge in [-0.1, -0.05) is 12.1 Å². The number of pyridine rings is 1. The van der Waals surface area contributed by atoms with Crippen LogP contribution in [-0.4, -0.2) is 43.5 Å². The highest BCUT2D eigenvalue weighted by Crippen LogP contribution is 2.53.